The summed E-state index contributed by atoms with van der Waals surface area (Å²) in [7, 11) is 1.75. The third-order valence-corrected chi connectivity index (χ3v) is 7.67. The molecule has 2 heterocycles. The molecule has 0 saturated heterocycles. The van der Waals surface area contributed by atoms with E-state index in [9.17, 15) is 13.6 Å². The second kappa shape index (κ2) is 14.3. The lowest BCUT2D eigenvalue weighted by molar-refractivity contribution is -0.106. The number of anilines is 2. The number of ether oxygens (including phenoxy) is 1. The molecule has 0 aliphatic heterocycles. The fourth-order valence-electron chi connectivity index (χ4n) is 4.12. The number of carbonyl (C=O) groups excluding carboxylic acids is 2. The zero-order valence-electron chi connectivity index (χ0n) is 23.6. The van der Waals surface area contributed by atoms with Gasteiger partial charge in [-0.05, 0) is 42.9 Å². The van der Waals surface area contributed by atoms with Gasteiger partial charge in [-0.1, -0.05) is 68.7 Å². The molecule has 0 atom stereocenters. The van der Waals surface area contributed by atoms with Gasteiger partial charge in [0.2, 0.25) is 5.88 Å². The van der Waals surface area contributed by atoms with E-state index in [4.69, 9.17) is 21.1 Å². The van der Waals surface area contributed by atoms with Crippen molar-refractivity contribution in [1.82, 2.24) is 9.97 Å². The molecule has 1 fully saturated rings. The average Bonchev–Trinajstić information content (AvgIpc) is 3.34. The number of nitrogens with zero attached hydrogens (tertiary/aromatic N) is 2. The highest BCUT2D eigenvalue weighted by Crippen LogP contribution is 2.46. The quantitative estimate of drug-likeness (QED) is 0.214. The lowest BCUT2D eigenvalue weighted by Gasteiger charge is -2.39. The number of fused-ring (bicyclic) bond motifs is 1. The molecule has 2 N–H and O–H groups in total. The molecule has 1 aliphatic rings. The molecule has 0 spiro atoms. The van der Waals surface area contributed by atoms with Crippen LogP contribution in [0.4, 0.5) is 19.6 Å². The second-order valence-corrected chi connectivity index (χ2v) is 10.9. The highest BCUT2D eigenvalue weighted by molar-refractivity contribution is 7.21. The summed E-state index contributed by atoms with van der Waals surface area (Å²) in [4.78, 5) is 31.0. The van der Waals surface area contributed by atoms with Crippen molar-refractivity contribution in [1.29, 1.82) is 0 Å². The molecule has 0 radical (unpaired) electrons. The fraction of sp³-hybridized carbons (Fsp3) is 0.333. The maximum Gasteiger partial charge on any atom is 0.257 e. The van der Waals surface area contributed by atoms with Gasteiger partial charge in [-0.15, -0.1) is 0 Å². The molecular formula is C30H33ClF2N4O3S. The van der Waals surface area contributed by atoms with Gasteiger partial charge in [-0.2, -0.15) is 0 Å². The van der Waals surface area contributed by atoms with E-state index < -0.39 is 17.5 Å². The molecule has 41 heavy (non-hydrogen) atoms. The Morgan fingerprint density at radius 2 is 1.83 bits per heavy atom. The van der Waals surface area contributed by atoms with Crippen LogP contribution in [0.15, 0.2) is 42.5 Å². The molecule has 5 rings (SSSR count). The Bertz CT molecular complexity index is 1530. The average molecular weight is 603 g/mol. The van der Waals surface area contributed by atoms with Crippen LogP contribution in [0.1, 0.15) is 69.3 Å². The Hall–Kier alpha value is -3.63. The molecule has 1 aliphatic carbocycles. The summed E-state index contributed by atoms with van der Waals surface area (Å²) in [6.45, 7) is 7.81. The van der Waals surface area contributed by atoms with E-state index in [1.807, 2.05) is 6.07 Å². The van der Waals surface area contributed by atoms with Gasteiger partial charge >= 0.3 is 0 Å². The van der Waals surface area contributed by atoms with Crippen molar-refractivity contribution >= 4 is 56.3 Å². The van der Waals surface area contributed by atoms with Gasteiger partial charge < -0.3 is 20.2 Å². The van der Waals surface area contributed by atoms with Crippen LogP contribution in [0.2, 0.25) is 5.02 Å². The maximum atomic E-state index is 14.6. The molecule has 1 saturated carbocycles. The second-order valence-electron chi connectivity index (χ2n) is 9.59. The van der Waals surface area contributed by atoms with E-state index in [0.29, 0.717) is 26.6 Å². The Morgan fingerprint density at radius 3 is 2.44 bits per heavy atom. The number of aldehydes is 1. The van der Waals surface area contributed by atoms with E-state index in [1.165, 1.54) is 30.7 Å². The Labute approximate surface area is 247 Å². The molecule has 1 amide bonds. The van der Waals surface area contributed by atoms with E-state index >= 15 is 0 Å². The summed E-state index contributed by atoms with van der Waals surface area (Å²) in [5, 5.41) is 6.45. The highest BCUT2D eigenvalue weighted by Gasteiger charge is 2.36. The predicted molar refractivity (Wildman–Crippen MR) is 162 cm³/mol. The maximum absolute atomic E-state index is 14.6. The van der Waals surface area contributed by atoms with Crippen molar-refractivity contribution < 1.29 is 23.1 Å². The van der Waals surface area contributed by atoms with Gasteiger partial charge in [0.1, 0.15) is 22.5 Å². The van der Waals surface area contributed by atoms with Crippen LogP contribution in [0, 0.1) is 11.6 Å². The summed E-state index contributed by atoms with van der Waals surface area (Å²) in [6.07, 6.45) is 5.08. The molecule has 2 aromatic carbocycles. The molecule has 0 unspecified atom stereocenters. The van der Waals surface area contributed by atoms with Gasteiger partial charge in [-0.3, -0.25) is 4.79 Å². The van der Waals surface area contributed by atoms with Gasteiger partial charge in [0.25, 0.3) is 5.91 Å². The fourth-order valence-corrected chi connectivity index (χ4v) is 5.34. The van der Waals surface area contributed by atoms with Crippen molar-refractivity contribution in [3.8, 4) is 11.6 Å². The van der Waals surface area contributed by atoms with Crippen LogP contribution >= 0.6 is 22.9 Å². The number of pyridine rings is 1. The van der Waals surface area contributed by atoms with E-state index in [2.05, 4.69) is 41.4 Å². The van der Waals surface area contributed by atoms with Crippen molar-refractivity contribution in [2.75, 3.05) is 17.7 Å². The Balaban J connectivity index is 0.000000710. The first-order valence-electron chi connectivity index (χ1n) is 13.2. The van der Waals surface area contributed by atoms with Crippen LogP contribution in [-0.4, -0.2) is 29.2 Å². The summed E-state index contributed by atoms with van der Waals surface area (Å²) in [5.41, 5.74) is 1.47. The first-order chi connectivity index (χ1) is 19.6. The van der Waals surface area contributed by atoms with E-state index in [0.717, 1.165) is 37.2 Å². The highest BCUT2D eigenvalue weighted by atomic mass is 35.5. The normalized spacial score (nSPS) is 13.1. The minimum atomic E-state index is -0.939. The van der Waals surface area contributed by atoms with Gasteiger partial charge in [0, 0.05) is 25.2 Å². The number of nitrogens with one attached hydrogen (secondary N) is 2. The first-order valence-corrected chi connectivity index (χ1v) is 14.4. The molecule has 7 nitrogen and oxygen atoms in total. The third-order valence-electron chi connectivity index (χ3n) is 6.28. The number of amides is 1. The number of aromatic nitrogens is 2. The van der Waals surface area contributed by atoms with Crippen LogP contribution in [0.3, 0.4) is 0 Å². The summed E-state index contributed by atoms with van der Waals surface area (Å²) >= 11 is 7.89. The number of thiazole rings is 1. The number of hydrogen-bond donors (Lipinski definition) is 2. The minimum Gasteiger partial charge on any atom is -0.436 e. The van der Waals surface area contributed by atoms with Gasteiger partial charge in [0.15, 0.2) is 16.7 Å². The first kappa shape index (κ1) is 31.9. The van der Waals surface area contributed by atoms with Crippen LogP contribution in [-0.2, 0) is 10.2 Å². The summed E-state index contributed by atoms with van der Waals surface area (Å²) < 4.78 is 34.6. The number of halogens is 3. The number of benzene rings is 2. The van der Waals surface area contributed by atoms with Crippen LogP contribution in [0.5, 0.6) is 11.6 Å². The molecule has 11 heteroatoms. The van der Waals surface area contributed by atoms with E-state index in [-0.39, 0.29) is 28.3 Å². The minimum absolute atomic E-state index is 0.0738. The molecule has 4 aromatic rings. The smallest absolute Gasteiger partial charge is 0.257 e. The van der Waals surface area contributed by atoms with Crippen LogP contribution in [0.25, 0.3) is 10.3 Å². The lowest BCUT2D eigenvalue weighted by Crippen LogP contribution is -2.31. The molecule has 218 valence electrons. The Morgan fingerprint density at radius 1 is 1.15 bits per heavy atom. The van der Waals surface area contributed by atoms with Crippen LogP contribution < -0.4 is 15.4 Å². The number of carbonyl (C=O) groups is 2. The molecular weight excluding hydrogens is 570 g/mol. The zero-order valence-corrected chi connectivity index (χ0v) is 25.2. The zero-order chi connectivity index (χ0) is 30.2. The number of hydrogen-bond acceptors (Lipinski definition) is 7. The third kappa shape index (κ3) is 7.56. The summed E-state index contributed by atoms with van der Waals surface area (Å²) in [6, 6.07) is 10.2. The standard InChI is InChI=1S/C25H21ClF2N4O2S.C3H8.C2H4O/c1-25(9-4-10-25)14-6-3-5-13(21(14)26)22(33)30-18-12-19(16(28)11-15(18)27)34-20-8-7-17-23(32-20)35-24(29-2)31-17;1-3-2;1-2-3/h3,5-8,11-12H,4,9-10H2,1-2H3,(H,29,31)(H,30,33);3H2,1-2H3;2H,1H3. The van der Waals surface area contributed by atoms with Gasteiger partial charge in [0.05, 0.1) is 16.3 Å². The summed E-state index contributed by atoms with van der Waals surface area (Å²) in [5.74, 6) is -2.64. The monoisotopic (exact) mass is 602 g/mol. The molecule has 0 bridgehead atoms. The van der Waals surface area contributed by atoms with Crippen molar-refractivity contribution in [3.63, 3.8) is 0 Å². The lowest BCUT2D eigenvalue weighted by atomic mass is 9.66. The van der Waals surface area contributed by atoms with E-state index in [1.54, 1.807) is 25.2 Å². The van der Waals surface area contributed by atoms with Gasteiger partial charge in [-0.25, -0.2) is 18.7 Å². The largest absolute Gasteiger partial charge is 0.436 e. The number of rotatable bonds is 6. The predicted octanol–water partition coefficient (Wildman–Crippen LogP) is 8.77. The van der Waals surface area contributed by atoms with Crippen molar-refractivity contribution in [3.05, 3.63) is 70.2 Å². The molecule has 2 aromatic heterocycles. The SMILES string of the molecule is CC=O.CCC.CNc1nc2ccc(Oc3cc(NC(=O)c4cccc(C5(C)CCC5)c4Cl)c(F)cc3F)nc2s1. The topological polar surface area (TPSA) is 93.2 Å². The Kier molecular flexibility index (Phi) is 11.1. The van der Waals surface area contributed by atoms with Crippen molar-refractivity contribution in [2.45, 2.75) is 58.8 Å². The van der Waals surface area contributed by atoms with Crippen molar-refractivity contribution in [2.24, 2.45) is 0 Å².